The second-order valence-electron chi connectivity index (χ2n) is 6.47. The normalized spacial score (nSPS) is 19.3. The molecule has 1 aliphatic rings. The Bertz CT molecular complexity index is 344. The van der Waals surface area contributed by atoms with E-state index >= 15 is 0 Å². The Morgan fingerprint density at radius 3 is 2.68 bits per heavy atom. The maximum atomic E-state index is 11.8. The van der Waals surface area contributed by atoms with Crippen LogP contribution in [-0.2, 0) is 9.59 Å². The topological polar surface area (TPSA) is 66.4 Å². The van der Waals surface area contributed by atoms with Gasteiger partial charge in [0.15, 0.2) is 0 Å². The van der Waals surface area contributed by atoms with Gasteiger partial charge in [-0.1, -0.05) is 41.9 Å². The van der Waals surface area contributed by atoms with Gasteiger partial charge in [0.1, 0.15) is 0 Å². The first-order valence-electron chi connectivity index (χ1n) is 8.24. The summed E-state index contributed by atoms with van der Waals surface area (Å²) >= 11 is 0. The highest BCUT2D eigenvalue weighted by molar-refractivity contribution is 8.77. The molecule has 1 fully saturated rings. The van der Waals surface area contributed by atoms with E-state index in [0.717, 1.165) is 24.5 Å². The molecule has 6 heteroatoms. The Morgan fingerprint density at radius 2 is 2.09 bits per heavy atom. The van der Waals surface area contributed by atoms with Crippen molar-refractivity contribution in [3.05, 3.63) is 0 Å². The summed E-state index contributed by atoms with van der Waals surface area (Å²) in [4.78, 5) is 22.7. The van der Waals surface area contributed by atoms with Gasteiger partial charge in [-0.2, -0.15) is 0 Å². The zero-order chi connectivity index (χ0) is 16.4. The number of hydrogen-bond acceptors (Lipinski definition) is 4. The van der Waals surface area contributed by atoms with Crippen LogP contribution in [0.5, 0.6) is 0 Å². The van der Waals surface area contributed by atoms with E-state index in [1.165, 1.54) is 18.6 Å². The molecular formula is C16H29NO3S2. The molecule has 2 N–H and O–H groups in total. The van der Waals surface area contributed by atoms with Crippen LogP contribution in [0.15, 0.2) is 0 Å². The molecule has 0 radical (unpaired) electrons. The third-order valence-corrected chi connectivity index (χ3v) is 6.77. The number of unbranched alkanes of at least 4 members (excludes halogenated alkanes) is 1. The Hall–Kier alpha value is -0.360. The van der Waals surface area contributed by atoms with Gasteiger partial charge in [-0.15, -0.1) is 0 Å². The van der Waals surface area contributed by atoms with E-state index in [1.54, 1.807) is 0 Å². The van der Waals surface area contributed by atoms with Crippen molar-refractivity contribution in [1.82, 2.24) is 5.32 Å². The molecule has 0 unspecified atom stereocenters. The van der Waals surface area contributed by atoms with Crippen molar-refractivity contribution in [2.45, 2.75) is 64.0 Å². The van der Waals surface area contributed by atoms with Gasteiger partial charge >= 0.3 is 5.97 Å². The van der Waals surface area contributed by atoms with Gasteiger partial charge in [0, 0.05) is 30.4 Å². The molecule has 1 heterocycles. The number of carbonyl (C=O) groups is 2. The maximum absolute atomic E-state index is 11.8. The first kappa shape index (κ1) is 19.7. The van der Waals surface area contributed by atoms with Crippen molar-refractivity contribution in [3.63, 3.8) is 0 Å². The minimum absolute atomic E-state index is 0.0355. The lowest BCUT2D eigenvalue weighted by Crippen LogP contribution is -2.30. The quantitative estimate of drug-likeness (QED) is 0.437. The molecule has 0 aromatic heterocycles. The lowest BCUT2D eigenvalue weighted by molar-refractivity contribution is -0.138. The molecule has 2 atom stereocenters. The van der Waals surface area contributed by atoms with E-state index in [1.807, 2.05) is 21.6 Å². The summed E-state index contributed by atoms with van der Waals surface area (Å²) in [6.45, 7) is 4.64. The summed E-state index contributed by atoms with van der Waals surface area (Å²) in [6, 6.07) is 0. The molecule has 0 bridgehead atoms. The highest BCUT2D eigenvalue weighted by atomic mass is 33.1. The molecule has 128 valence electrons. The minimum Gasteiger partial charge on any atom is -0.481 e. The fourth-order valence-corrected chi connectivity index (χ4v) is 5.75. The second kappa shape index (κ2) is 11.2. The van der Waals surface area contributed by atoms with Crippen molar-refractivity contribution in [2.75, 3.05) is 12.3 Å². The summed E-state index contributed by atoms with van der Waals surface area (Å²) in [5.41, 5.74) is 0. The second-order valence-corrected chi connectivity index (χ2v) is 9.26. The number of carboxylic acids is 1. The molecule has 0 aromatic rings. The first-order chi connectivity index (χ1) is 10.5. The number of hydrogen-bond donors (Lipinski definition) is 2. The van der Waals surface area contributed by atoms with Gasteiger partial charge in [-0.3, -0.25) is 9.59 Å². The van der Waals surface area contributed by atoms with E-state index in [9.17, 15) is 9.59 Å². The fraction of sp³-hybridized carbons (Fsp3) is 0.875. The van der Waals surface area contributed by atoms with Gasteiger partial charge in [0.2, 0.25) is 5.91 Å². The average Bonchev–Trinajstić information content (AvgIpc) is 2.93. The van der Waals surface area contributed by atoms with Crippen molar-refractivity contribution < 1.29 is 14.7 Å². The standard InChI is InChI=1S/C16H29NO3S2/c1-12(2)9-13(10-16(19)20)11-17-15(18)6-4-3-5-14-7-8-21-22-14/h12-14H,3-11H2,1-2H3,(H,17,18)(H,19,20)/t13-,14+/m0/s1. The lowest BCUT2D eigenvalue weighted by Gasteiger charge is -2.17. The van der Waals surface area contributed by atoms with Crippen LogP contribution in [0.2, 0.25) is 0 Å². The predicted octanol–water partition coefficient (Wildman–Crippen LogP) is 3.95. The Labute approximate surface area is 142 Å². The average molecular weight is 348 g/mol. The summed E-state index contributed by atoms with van der Waals surface area (Å²) in [5, 5.41) is 12.6. The van der Waals surface area contributed by atoms with Crippen molar-refractivity contribution in [2.24, 2.45) is 11.8 Å². The highest BCUT2D eigenvalue weighted by Crippen LogP contribution is 2.39. The molecule has 1 saturated heterocycles. The van der Waals surface area contributed by atoms with Crippen LogP contribution in [-0.4, -0.2) is 34.5 Å². The number of rotatable bonds is 11. The molecule has 1 rings (SSSR count). The van der Waals surface area contributed by atoms with Crippen LogP contribution < -0.4 is 5.32 Å². The number of amides is 1. The molecule has 0 aromatic carbocycles. The lowest BCUT2D eigenvalue weighted by atomic mass is 9.94. The zero-order valence-corrected chi connectivity index (χ0v) is 15.3. The number of carboxylic acid groups (broad SMARTS) is 1. The Balaban J connectivity index is 2.12. The first-order valence-corrected chi connectivity index (χ1v) is 10.6. The summed E-state index contributed by atoms with van der Waals surface area (Å²) in [5.74, 6) is 1.02. The monoisotopic (exact) mass is 347 g/mol. The van der Waals surface area contributed by atoms with E-state index in [2.05, 4.69) is 19.2 Å². The largest absolute Gasteiger partial charge is 0.481 e. The Kier molecular flexibility index (Phi) is 10.0. The molecule has 22 heavy (non-hydrogen) atoms. The molecule has 1 amide bonds. The van der Waals surface area contributed by atoms with Crippen LogP contribution in [0, 0.1) is 11.8 Å². The third-order valence-electron chi connectivity index (χ3n) is 3.76. The molecule has 0 aliphatic carbocycles. The third kappa shape index (κ3) is 9.62. The number of nitrogens with one attached hydrogen (secondary N) is 1. The van der Waals surface area contributed by atoms with Crippen molar-refractivity contribution >= 4 is 33.5 Å². The predicted molar refractivity (Wildman–Crippen MR) is 95.1 cm³/mol. The molecule has 0 spiro atoms. The SMILES string of the molecule is CC(C)C[C@H](CNC(=O)CCCC[C@@H]1CCSS1)CC(=O)O. The van der Waals surface area contributed by atoms with Gasteiger partial charge in [0.25, 0.3) is 0 Å². The Morgan fingerprint density at radius 1 is 1.32 bits per heavy atom. The van der Waals surface area contributed by atoms with Gasteiger partial charge in [0.05, 0.1) is 0 Å². The summed E-state index contributed by atoms with van der Waals surface area (Å²) in [6.07, 6.45) is 6.08. The van der Waals surface area contributed by atoms with E-state index < -0.39 is 5.97 Å². The fourth-order valence-electron chi connectivity index (χ4n) is 2.72. The van der Waals surface area contributed by atoms with E-state index in [-0.39, 0.29) is 18.2 Å². The van der Waals surface area contributed by atoms with Crippen LogP contribution in [0.25, 0.3) is 0 Å². The highest BCUT2D eigenvalue weighted by Gasteiger charge is 2.17. The van der Waals surface area contributed by atoms with Crippen molar-refractivity contribution in [1.29, 1.82) is 0 Å². The van der Waals surface area contributed by atoms with Crippen LogP contribution >= 0.6 is 21.6 Å². The van der Waals surface area contributed by atoms with Crippen LogP contribution in [0.3, 0.4) is 0 Å². The number of carbonyl (C=O) groups excluding carboxylic acids is 1. The van der Waals surface area contributed by atoms with Gasteiger partial charge < -0.3 is 10.4 Å². The maximum Gasteiger partial charge on any atom is 0.303 e. The van der Waals surface area contributed by atoms with Crippen LogP contribution in [0.1, 0.15) is 58.8 Å². The van der Waals surface area contributed by atoms with E-state index in [4.69, 9.17) is 5.11 Å². The van der Waals surface area contributed by atoms with Crippen LogP contribution in [0.4, 0.5) is 0 Å². The number of aliphatic carboxylic acids is 1. The summed E-state index contributed by atoms with van der Waals surface area (Å²) in [7, 11) is 3.94. The smallest absolute Gasteiger partial charge is 0.303 e. The van der Waals surface area contributed by atoms with Crippen molar-refractivity contribution in [3.8, 4) is 0 Å². The molecule has 0 saturated carbocycles. The van der Waals surface area contributed by atoms with Gasteiger partial charge in [-0.05, 0) is 37.5 Å². The minimum atomic E-state index is -0.785. The summed E-state index contributed by atoms with van der Waals surface area (Å²) < 4.78 is 0. The van der Waals surface area contributed by atoms with E-state index in [0.29, 0.717) is 18.9 Å². The molecule has 4 nitrogen and oxygen atoms in total. The van der Waals surface area contributed by atoms with Gasteiger partial charge in [-0.25, -0.2) is 0 Å². The zero-order valence-electron chi connectivity index (χ0n) is 13.7. The molecular weight excluding hydrogens is 318 g/mol. The molecule has 1 aliphatic heterocycles.